The summed E-state index contributed by atoms with van der Waals surface area (Å²) in [5.41, 5.74) is 2.01. The molecule has 3 N–H and O–H groups in total. The van der Waals surface area contributed by atoms with Crippen LogP contribution in [0.3, 0.4) is 0 Å². The monoisotopic (exact) mass is 564 g/mol. The lowest BCUT2D eigenvalue weighted by molar-refractivity contribution is -0.148. The molecule has 0 spiro atoms. The Hall–Kier alpha value is -3.91. The van der Waals surface area contributed by atoms with Crippen LogP contribution in [0.5, 0.6) is 5.75 Å². The van der Waals surface area contributed by atoms with E-state index in [-0.39, 0.29) is 37.4 Å². The zero-order chi connectivity index (χ0) is 29.9. The minimum Gasteiger partial charge on any atom is -0.489 e. The van der Waals surface area contributed by atoms with Crippen LogP contribution in [0.2, 0.25) is 0 Å². The standard InChI is InChI=1S/C33H44N2O6/c1-4-6-7-11-15-32(38)41-25(3)22-34-33(39)28(12-5-2)21-31(37)35-29(23-36)20-26-16-18-30(19-17-26)40-24-27-13-9-8-10-14-27/h4-5,8-10,13-14,16-19,25,28-29,36H,1-2,6-7,11-12,15,20-24H2,3H3,(H,34,39)(H,35,37)/t25-,28-,29-/m0/s1. The number of aliphatic hydroxyl groups excluding tert-OH is 1. The zero-order valence-electron chi connectivity index (χ0n) is 24.1. The summed E-state index contributed by atoms with van der Waals surface area (Å²) < 4.78 is 11.2. The zero-order valence-corrected chi connectivity index (χ0v) is 24.1. The highest BCUT2D eigenvalue weighted by atomic mass is 16.5. The maximum absolute atomic E-state index is 12.8. The molecule has 0 heterocycles. The molecule has 0 saturated carbocycles. The van der Waals surface area contributed by atoms with Crippen molar-refractivity contribution in [1.29, 1.82) is 0 Å². The first kappa shape index (κ1) is 33.3. The summed E-state index contributed by atoms with van der Waals surface area (Å²) in [6.07, 6.45) is 6.38. The Morgan fingerprint density at radius 3 is 2.37 bits per heavy atom. The van der Waals surface area contributed by atoms with E-state index in [0.717, 1.165) is 36.1 Å². The molecule has 0 aliphatic heterocycles. The van der Waals surface area contributed by atoms with Crippen molar-refractivity contribution in [2.24, 2.45) is 5.92 Å². The maximum atomic E-state index is 12.8. The van der Waals surface area contributed by atoms with Crippen LogP contribution in [-0.4, -0.2) is 48.2 Å². The number of rotatable bonds is 20. The predicted molar refractivity (Wildman–Crippen MR) is 160 cm³/mol. The van der Waals surface area contributed by atoms with Crippen LogP contribution in [0.15, 0.2) is 79.9 Å². The third-order valence-electron chi connectivity index (χ3n) is 6.43. The first-order valence-electron chi connectivity index (χ1n) is 14.2. The van der Waals surface area contributed by atoms with Gasteiger partial charge in [0.1, 0.15) is 18.5 Å². The average Bonchev–Trinajstić information content (AvgIpc) is 2.97. The van der Waals surface area contributed by atoms with E-state index >= 15 is 0 Å². The summed E-state index contributed by atoms with van der Waals surface area (Å²) in [6.45, 7) is 9.45. The molecule has 3 atom stereocenters. The van der Waals surface area contributed by atoms with E-state index < -0.39 is 18.1 Å². The van der Waals surface area contributed by atoms with Gasteiger partial charge in [0, 0.05) is 12.8 Å². The molecule has 0 saturated heterocycles. The van der Waals surface area contributed by atoms with E-state index in [4.69, 9.17) is 9.47 Å². The third-order valence-corrected chi connectivity index (χ3v) is 6.43. The fourth-order valence-electron chi connectivity index (χ4n) is 4.17. The van der Waals surface area contributed by atoms with Crippen LogP contribution in [0.4, 0.5) is 0 Å². The minimum atomic E-state index is -0.630. The summed E-state index contributed by atoms with van der Waals surface area (Å²) in [6, 6.07) is 16.9. The Balaban J connectivity index is 1.78. The number of allylic oxidation sites excluding steroid dienone is 2. The van der Waals surface area contributed by atoms with E-state index in [1.807, 2.05) is 60.7 Å². The Morgan fingerprint density at radius 2 is 1.71 bits per heavy atom. The van der Waals surface area contributed by atoms with Gasteiger partial charge in [-0.05, 0) is 62.3 Å². The van der Waals surface area contributed by atoms with Crippen LogP contribution in [0, 0.1) is 5.92 Å². The summed E-state index contributed by atoms with van der Waals surface area (Å²) in [7, 11) is 0. The highest BCUT2D eigenvalue weighted by Gasteiger charge is 2.23. The molecule has 2 aromatic rings. The summed E-state index contributed by atoms with van der Waals surface area (Å²) >= 11 is 0. The number of hydrogen-bond acceptors (Lipinski definition) is 6. The highest BCUT2D eigenvalue weighted by molar-refractivity contribution is 5.86. The highest BCUT2D eigenvalue weighted by Crippen LogP contribution is 2.16. The normalized spacial score (nSPS) is 12.8. The second kappa shape index (κ2) is 19.2. The predicted octanol–water partition coefficient (Wildman–Crippen LogP) is 4.66. The van der Waals surface area contributed by atoms with Gasteiger partial charge in [0.15, 0.2) is 0 Å². The fraction of sp³-hybridized carbons (Fsp3) is 0.424. The molecule has 0 aliphatic carbocycles. The largest absolute Gasteiger partial charge is 0.489 e. The van der Waals surface area contributed by atoms with Crippen molar-refractivity contribution in [2.75, 3.05) is 13.2 Å². The number of nitrogens with one attached hydrogen (secondary N) is 2. The first-order valence-corrected chi connectivity index (χ1v) is 14.2. The van der Waals surface area contributed by atoms with E-state index in [1.54, 1.807) is 13.0 Å². The molecule has 0 bridgehead atoms. The molecule has 222 valence electrons. The van der Waals surface area contributed by atoms with Gasteiger partial charge >= 0.3 is 5.97 Å². The molecule has 0 radical (unpaired) electrons. The molecule has 8 nitrogen and oxygen atoms in total. The number of carbonyl (C=O) groups excluding carboxylic acids is 3. The van der Waals surface area contributed by atoms with Gasteiger partial charge in [-0.3, -0.25) is 14.4 Å². The molecule has 0 aromatic heterocycles. The molecular weight excluding hydrogens is 520 g/mol. The lowest BCUT2D eigenvalue weighted by Gasteiger charge is -2.20. The number of benzene rings is 2. The van der Waals surface area contributed by atoms with Gasteiger partial charge < -0.3 is 25.2 Å². The SMILES string of the molecule is C=CCCCCC(=O)O[C@@H](C)CNC(=O)[C@@H](CC=C)CC(=O)N[C@H](CO)Cc1ccc(OCc2ccccc2)cc1. The number of hydrogen-bond donors (Lipinski definition) is 3. The van der Waals surface area contributed by atoms with E-state index in [0.29, 0.717) is 25.9 Å². The lowest BCUT2D eigenvalue weighted by Crippen LogP contribution is -2.42. The molecule has 2 amide bonds. The number of aliphatic hydroxyl groups is 1. The molecule has 0 unspecified atom stereocenters. The van der Waals surface area contributed by atoms with Crippen molar-refractivity contribution in [3.05, 3.63) is 91.0 Å². The van der Waals surface area contributed by atoms with Crippen molar-refractivity contribution in [2.45, 2.75) is 70.6 Å². The smallest absolute Gasteiger partial charge is 0.306 e. The van der Waals surface area contributed by atoms with Gasteiger partial charge in [-0.25, -0.2) is 0 Å². The Kier molecular flexibility index (Phi) is 15.6. The second-order valence-corrected chi connectivity index (χ2v) is 10.1. The topological polar surface area (TPSA) is 114 Å². The minimum absolute atomic E-state index is 0.0575. The van der Waals surface area contributed by atoms with Crippen molar-refractivity contribution in [1.82, 2.24) is 10.6 Å². The number of carbonyl (C=O) groups is 3. The average molecular weight is 565 g/mol. The van der Waals surface area contributed by atoms with Crippen LogP contribution >= 0.6 is 0 Å². The molecule has 41 heavy (non-hydrogen) atoms. The van der Waals surface area contributed by atoms with Gasteiger partial charge in [0.25, 0.3) is 0 Å². The van der Waals surface area contributed by atoms with Gasteiger partial charge in [-0.15, -0.1) is 13.2 Å². The first-order chi connectivity index (χ1) is 19.8. The van der Waals surface area contributed by atoms with Gasteiger partial charge in [0.2, 0.25) is 11.8 Å². The number of ether oxygens (including phenoxy) is 2. The van der Waals surface area contributed by atoms with E-state index in [2.05, 4.69) is 23.8 Å². The Morgan fingerprint density at radius 1 is 0.976 bits per heavy atom. The Bertz CT molecular complexity index is 1090. The summed E-state index contributed by atoms with van der Waals surface area (Å²) in [5.74, 6) is -0.863. The van der Waals surface area contributed by atoms with E-state index in [9.17, 15) is 19.5 Å². The molecule has 2 rings (SSSR count). The fourth-order valence-corrected chi connectivity index (χ4v) is 4.17. The van der Waals surface area contributed by atoms with Gasteiger partial charge in [-0.1, -0.05) is 54.6 Å². The second-order valence-electron chi connectivity index (χ2n) is 10.1. The molecule has 2 aromatic carbocycles. The molecule has 8 heteroatoms. The van der Waals surface area contributed by atoms with Crippen molar-refractivity contribution in [3.63, 3.8) is 0 Å². The van der Waals surface area contributed by atoms with Gasteiger partial charge in [0.05, 0.1) is 25.1 Å². The van der Waals surface area contributed by atoms with Gasteiger partial charge in [-0.2, -0.15) is 0 Å². The molecule has 0 aliphatic rings. The van der Waals surface area contributed by atoms with E-state index in [1.165, 1.54) is 0 Å². The number of esters is 1. The number of unbranched alkanes of at least 4 members (excludes halogenated alkanes) is 2. The van der Waals surface area contributed by atoms with Crippen molar-refractivity contribution in [3.8, 4) is 5.75 Å². The van der Waals surface area contributed by atoms with Crippen LogP contribution in [0.25, 0.3) is 0 Å². The Labute approximate surface area is 243 Å². The van der Waals surface area contributed by atoms with Crippen LogP contribution < -0.4 is 15.4 Å². The number of amides is 2. The summed E-state index contributed by atoms with van der Waals surface area (Å²) in [5, 5.41) is 15.5. The van der Waals surface area contributed by atoms with Crippen LogP contribution in [-0.2, 0) is 32.1 Å². The lowest BCUT2D eigenvalue weighted by atomic mass is 9.99. The van der Waals surface area contributed by atoms with Crippen molar-refractivity contribution < 1.29 is 29.0 Å². The maximum Gasteiger partial charge on any atom is 0.306 e. The van der Waals surface area contributed by atoms with Crippen LogP contribution in [0.1, 0.15) is 56.6 Å². The molecular formula is C33H44N2O6. The quantitative estimate of drug-likeness (QED) is 0.122. The summed E-state index contributed by atoms with van der Waals surface area (Å²) in [4.78, 5) is 37.5. The molecule has 0 fully saturated rings. The van der Waals surface area contributed by atoms with Crippen molar-refractivity contribution >= 4 is 17.8 Å². The third kappa shape index (κ3) is 13.8.